The van der Waals surface area contributed by atoms with Crippen LogP contribution in [0.5, 0.6) is 5.75 Å². The van der Waals surface area contributed by atoms with Crippen LogP contribution in [-0.2, 0) is 0 Å². The summed E-state index contributed by atoms with van der Waals surface area (Å²) in [5, 5.41) is 14.4. The first-order chi connectivity index (χ1) is 10.1. The van der Waals surface area contributed by atoms with Gasteiger partial charge in [0.05, 0.1) is 4.92 Å². The molecule has 7 heteroatoms. The van der Waals surface area contributed by atoms with Gasteiger partial charge in [-0.3, -0.25) is 10.1 Å². The van der Waals surface area contributed by atoms with E-state index in [4.69, 9.17) is 16.3 Å². The summed E-state index contributed by atoms with van der Waals surface area (Å²) in [7, 11) is 0. The first-order valence-corrected chi connectivity index (χ1v) is 7.29. The molecule has 0 aliphatic carbocycles. The van der Waals surface area contributed by atoms with Crippen LogP contribution < -0.4 is 10.1 Å². The second kappa shape index (κ2) is 7.28. The lowest BCUT2D eigenvalue weighted by Crippen LogP contribution is -2.11. The summed E-state index contributed by atoms with van der Waals surface area (Å²) in [6, 6.07) is 11.5. The highest BCUT2D eigenvalue weighted by Gasteiger charge is 2.04. The quantitative estimate of drug-likeness (QED) is 0.461. The van der Waals surface area contributed by atoms with Crippen molar-refractivity contribution < 1.29 is 9.66 Å². The van der Waals surface area contributed by atoms with E-state index < -0.39 is 4.92 Å². The number of benzene rings is 2. The number of non-ortho nitro benzene ring substituents is 1. The van der Waals surface area contributed by atoms with E-state index in [0.717, 1.165) is 10.2 Å². The number of halogens is 2. The third-order valence-electron chi connectivity index (χ3n) is 2.66. The van der Waals surface area contributed by atoms with Crippen molar-refractivity contribution in [3.8, 4) is 5.75 Å². The monoisotopic (exact) mass is 370 g/mol. The Kier molecular flexibility index (Phi) is 5.41. The maximum atomic E-state index is 10.5. The fourth-order valence-electron chi connectivity index (χ4n) is 1.65. The highest BCUT2D eigenvalue weighted by Crippen LogP contribution is 2.25. The van der Waals surface area contributed by atoms with E-state index in [-0.39, 0.29) is 5.69 Å². The van der Waals surface area contributed by atoms with Crippen LogP contribution >= 0.6 is 27.5 Å². The first kappa shape index (κ1) is 15.6. The molecule has 5 nitrogen and oxygen atoms in total. The minimum absolute atomic E-state index is 0.0468. The third-order valence-corrected chi connectivity index (χ3v) is 3.56. The molecule has 0 aliphatic heterocycles. The van der Waals surface area contributed by atoms with Crippen molar-refractivity contribution in [2.75, 3.05) is 18.5 Å². The highest BCUT2D eigenvalue weighted by molar-refractivity contribution is 9.10. The van der Waals surface area contributed by atoms with Gasteiger partial charge < -0.3 is 10.1 Å². The van der Waals surface area contributed by atoms with Crippen LogP contribution in [0.1, 0.15) is 0 Å². The average Bonchev–Trinajstić information content (AvgIpc) is 2.46. The van der Waals surface area contributed by atoms with Crippen LogP contribution in [0.3, 0.4) is 0 Å². The predicted molar refractivity (Wildman–Crippen MR) is 86.2 cm³/mol. The van der Waals surface area contributed by atoms with E-state index in [1.165, 1.54) is 12.1 Å². The molecule has 1 N–H and O–H groups in total. The summed E-state index contributed by atoms with van der Waals surface area (Å²) in [5.41, 5.74) is 0.970. The van der Waals surface area contributed by atoms with Crippen LogP contribution in [0, 0.1) is 10.1 Å². The topological polar surface area (TPSA) is 64.4 Å². The minimum atomic E-state index is -0.441. The van der Waals surface area contributed by atoms with Crippen LogP contribution in [-0.4, -0.2) is 18.1 Å². The van der Waals surface area contributed by atoms with Crippen LogP contribution in [0.25, 0.3) is 0 Å². The van der Waals surface area contributed by atoms with Gasteiger partial charge in [-0.25, -0.2) is 0 Å². The van der Waals surface area contributed by atoms with E-state index in [2.05, 4.69) is 21.2 Å². The molecule has 0 spiro atoms. The lowest BCUT2D eigenvalue weighted by atomic mass is 10.3. The summed E-state index contributed by atoms with van der Waals surface area (Å²) in [6.45, 7) is 1.03. The number of nitrogens with zero attached hydrogens (tertiary/aromatic N) is 1. The molecule has 21 heavy (non-hydrogen) atoms. The molecule has 0 aromatic heterocycles. The van der Waals surface area contributed by atoms with Gasteiger partial charge in [-0.05, 0) is 46.3 Å². The Hall–Kier alpha value is -1.79. The second-order valence-electron chi connectivity index (χ2n) is 4.15. The van der Waals surface area contributed by atoms with Crippen molar-refractivity contribution in [2.24, 2.45) is 0 Å². The maximum absolute atomic E-state index is 10.5. The molecule has 0 saturated heterocycles. The Bertz CT molecular complexity index is 635. The Labute approximate surface area is 135 Å². The number of anilines is 1. The molecule has 110 valence electrons. The van der Waals surface area contributed by atoms with Crippen molar-refractivity contribution in [3.63, 3.8) is 0 Å². The molecule has 0 unspecified atom stereocenters. The standard InChI is InChI=1S/C14H12BrClN2O3/c15-13-9-10(16)1-6-14(13)17-7-8-21-12-4-2-11(3-5-12)18(19)20/h1-6,9,17H,7-8H2. The number of nitro benzene ring substituents is 1. The molecule has 0 saturated carbocycles. The summed E-state index contributed by atoms with van der Waals surface area (Å²) in [6.07, 6.45) is 0. The summed E-state index contributed by atoms with van der Waals surface area (Å²) in [5.74, 6) is 0.595. The van der Waals surface area contributed by atoms with Gasteiger partial charge in [0.15, 0.2) is 0 Å². The largest absolute Gasteiger partial charge is 0.492 e. The first-order valence-electron chi connectivity index (χ1n) is 6.12. The maximum Gasteiger partial charge on any atom is 0.269 e. The smallest absolute Gasteiger partial charge is 0.269 e. The van der Waals surface area contributed by atoms with Crippen molar-refractivity contribution in [1.82, 2.24) is 0 Å². The van der Waals surface area contributed by atoms with Gasteiger partial charge in [0, 0.05) is 33.9 Å². The normalized spacial score (nSPS) is 10.2. The fraction of sp³-hybridized carbons (Fsp3) is 0.143. The zero-order valence-corrected chi connectivity index (χ0v) is 13.2. The van der Waals surface area contributed by atoms with Crippen molar-refractivity contribution in [3.05, 3.63) is 62.1 Å². The van der Waals surface area contributed by atoms with E-state index in [0.29, 0.717) is 23.9 Å². The third kappa shape index (κ3) is 4.61. The summed E-state index contributed by atoms with van der Waals surface area (Å²) in [4.78, 5) is 10.1. The Morgan fingerprint density at radius 2 is 1.95 bits per heavy atom. The van der Waals surface area contributed by atoms with Gasteiger partial charge in [0.1, 0.15) is 12.4 Å². The SMILES string of the molecule is O=[N+]([O-])c1ccc(OCCNc2ccc(Cl)cc2Br)cc1. The van der Waals surface area contributed by atoms with Crippen molar-refractivity contribution >= 4 is 38.9 Å². The summed E-state index contributed by atoms with van der Waals surface area (Å²) >= 11 is 9.28. The van der Waals surface area contributed by atoms with Crippen LogP contribution in [0.2, 0.25) is 5.02 Å². The molecule has 0 fully saturated rings. The fourth-order valence-corrected chi connectivity index (χ4v) is 2.47. The molecule has 0 heterocycles. The van der Waals surface area contributed by atoms with Crippen LogP contribution in [0.15, 0.2) is 46.9 Å². The van der Waals surface area contributed by atoms with Crippen LogP contribution in [0.4, 0.5) is 11.4 Å². The number of rotatable bonds is 6. The molecule has 0 radical (unpaired) electrons. The lowest BCUT2D eigenvalue weighted by molar-refractivity contribution is -0.384. The number of nitrogens with one attached hydrogen (secondary N) is 1. The zero-order valence-electron chi connectivity index (χ0n) is 10.9. The van der Waals surface area contributed by atoms with E-state index in [1.807, 2.05) is 6.07 Å². The van der Waals surface area contributed by atoms with Gasteiger partial charge in [-0.1, -0.05) is 11.6 Å². The summed E-state index contributed by atoms with van der Waals surface area (Å²) < 4.78 is 6.38. The number of hydrogen-bond donors (Lipinski definition) is 1. The number of nitro groups is 1. The van der Waals surface area contributed by atoms with Crippen molar-refractivity contribution in [1.29, 1.82) is 0 Å². The Balaban J connectivity index is 1.80. The van der Waals surface area contributed by atoms with E-state index >= 15 is 0 Å². The minimum Gasteiger partial charge on any atom is -0.492 e. The highest BCUT2D eigenvalue weighted by atomic mass is 79.9. The van der Waals surface area contributed by atoms with Gasteiger partial charge in [-0.15, -0.1) is 0 Å². The van der Waals surface area contributed by atoms with Gasteiger partial charge in [-0.2, -0.15) is 0 Å². The lowest BCUT2D eigenvalue weighted by Gasteiger charge is -2.10. The number of hydrogen-bond acceptors (Lipinski definition) is 4. The Morgan fingerprint density at radius 3 is 2.57 bits per heavy atom. The molecule has 0 aliphatic rings. The molecule has 2 rings (SSSR count). The van der Waals surface area contributed by atoms with E-state index in [9.17, 15) is 10.1 Å². The molecule has 0 amide bonds. The molecule has 0 atom stereocenters. The van der Waals surface area contributed by atoms with E-state index in [1.54, 1.807) is 24.3 Å². The molecular weight excluding hydrogens is 360 g/mol. The van der Waals surface area contributed by atoms with Gasteiger partial charge >= 0.3 is 0 Å². The van der Waals surface area contributed by atoms with Crippen molar-refractivity contribution in [2.45, 2.75) is 0 Å². The molecular formula is C14H12BrClN2O3. The average molecular weight is 372 g/mol. The second-order valence-corrected chi connectivity index (χ2v) is 5.44. The number of ether oxygens (including phenoxy) is 1. The predicted octanol–water partition coefficient (Wildman–Crippen LogP) is 4.50. The molecule has 2 aromatic rings. The van der Waals surface area contributed by atoms with Gasteiger partial charge in [0.25, 0.3) is 5.69 Å². The zero-order chi connectivity index (χ0) is 15.2. The molecule has 0 bridgehead atoms. The van der Waals surface area contributed by atoms with Gasteiger partial charge in [0.2, 0.25) is 0 Å². The molecule has 2 aromatic carbocycles. The Morgan fingerprint density at radius 1 is 1.24 bits per heavy atom.